The van der Waals surface area contributed by atoms with E-state index >= 15 is 0 Å². The van der Waals surface area contributed by atoms with E-state index in [4.69, 9.17) is 9.15 Å². The van der Waals surface area contributed by atoms with E-state index in [0.29, 0.717) is 49.1 Å². The lowest BCUT2D eigenvalue weighted by atomic mass is 10.2. The van der Waals surface area contributed by atoms with Gasteiger partial charge >= 0.3 is 6.03 Å². The summed E-state index contributed by atoms with van der Waals surface area (Å²) in [5.74, 6) is 2.12. The van der Waals surface area contributed by atoms with Crippen LogP contribution in [0.15, 0.2) is 59.2 Å². The first-order valence-corrected chi connectivity index (χ1v) is 9.06. The fourth-order valence-electron chi connectivity index (χ4n) is 3.13. The Balaban J connectivity index is 1.34. The lowest BCUT2D eigenvalue weighted by Gasteiger charge is -2.35. The van der Waals surface area contributed by atoms with Crippen molar-refractivity contribution in [2.45, 2.75) is 0 Å². The average Bonchev–Trinajstić information content (AvgIpc) is 3.29. The van der Waals surface area contributed by atoms with Gasteiger partial charge in [-0.25, -0.2) is 4.79 Å². The Labute approximate surface area is 162 Å². The van der Waals surface area contributed by atoms with Gasteiger partial charge in [0, 0.05) is 26.2 Å². The monoisotopic (exact) mass is 379 g/mol. The van der Waals surface area contributed by atoms with E-state index in [0.717, 1.165) is 5.82 Å². The minimum absolute atomic E-state index is 0.136. The maximum absolute atomic E-state index is 12.6. The smallest absolute Gasteiger partial charge is 0.322 e. The zero-order chi connectivity index (χ0) is 19.3. The molecule has 1 saturated heterocycles. The van der Waals surface area contributed by atoms with Crippen LogP contribution in [-0.4, -0.2) is 54.4 Å². The second-order valence-corrected chi connectivity index (χ2v) is 6.36. The molecule has 1 fully saturated rings. The van der Waals surface area contributed by atoms with Gasteiger partial charge in [0.05, 0.1) is 19.1 Å². The summed E-state index contributed by atoms with van der Waals surface area (Å²) >= 11 is 0. The Morgan fingerprint density at radius 1 is 1.04 bits per heavy atom. The van der Waals surface area contributed by atoms with Crippen molar-refractivity contribution in [2.24, 2.45) is 0 Å². The van der Waals surface area contributed by atoms with Crippen LogP contribution in [0.1, 0.15) is 0 Å². The first-order chi connectivity index (χ1) is 13.7. The van der Waals surface area contributed by atoms with E-state index in [2.05, 4.69) is 20.4 Å². The maximum atomic E-state index is 12.6. The van der Waals surface area contributed by atoms with Crippen molar-refractivity contribution in [1.29, 1.82) is 0 Å². The van der Waals surface area contributed by atoms with Crippen LogP contribution in [0.3, 0.4) is 0 Å². The topological polar surface area (TPSA) is 83.7 Å². The molecule has 3 heterocycles. The molecule has 2 amide bonds. The molecule has 1 aromatic carbocycles. The molecule has 0 aliphatic carbocycles. The largest absolute Gasteiger partial charge is 0.495 e. The molecule has 8 heteroatoms. The van der Waals surface area contributed by atoms with Crippen molar-refractivity contribution in [3.8, 4) is 17.2 Å². The predicted octanol–water partition coefficient (Wildman–Crippen LogP) is 3.10. The van der Waals surface area contributed by atoms with Crippen molar-refractivity contribution < 1.29 is 13.9 Å². The normalized spacial score (nSPS) is 14.0. The third-order valence-electron chi connectivity index (χ3n) is 4.66. The summed E-state index contributed by atoms with van der Waals surface area (Å²) in [4.78, 5) is 16.5. The number of piperazine rings is 1. The maximum Gasteiger partial charge on any atom is 0.322 e. The number of furan rings is 1. The van der Waals surface area contributed by atoms with Gasteiger partial charge in [0.2, 0.25) is 0 Å². The van der Waals surface area contributed by atoms with E-state index in [-0.39, 0.29) is 6.03 Å². The molecule has 0 spiro atoms. The van der Waals surface area contributed by atoms with Crippen molar-refractivity contribution >= 4 is 17.5 Å². The Morgan fingerprint density at radius 2 is 1.86 bits per heavy atom. The van der Waals surface area contributed by atoms with Crippen LogP contribution in [0.25, 0.3) is 11.5 Å². The highest BCUT2D eigenvalue weighted by molar-refractivity contribution is 5.91. The van der Waals surface area contributed by atoms with Gasteiger partial charge < -0.3 is 24.3 Å². The molecule has 0 radical (unpaired) electrons. The van der Waals surface area contributed by atoms with E-state index < -0.39 is 0 Å². The summed E-state index contributed by atoms with van der Waals surface area (Å²) in [5, 5.41) is 11.4. The number of ether oxygens (including phenoxy) is 1. The molecule has 8 nitrogen and oxygen atoms in total. The molecule has 0 atom stereocenters. The van der Waals surface area contributed by atoms with Crippen LogP contribution in [0.4, 0.5) is 16.3 Å². The zero-order valence-electron chi connectivity index (χ0n) is 15.5. The number of benzene rings is 1. The number of methoxy groups -OCH3 is 1. The zero-order valence-corrected chi connectivity index (χ0v) is 15.5. The summed E-state index contributed by atoms with van der Waals surface area (Å²) in [5.41, 5.74) is 1.36. The number of carbonyl (C=O) groups excluding carboxylic acids is 1. The third kappa shape index (κ3) is 3.75. The number of nitrogens with one attached hydrogen (secondary N) is 1. The van der Waals surface area contributed by atoms with Gasteiger partial charge in [-0.2, -0.15) is 0 Å². The Hall–Kier alpha value is -3.55. The van der Waals surface area contributed by atoms with Gasteiger partial charge in [-0.15, -0.1) is 10.2 Å². The summed E-state index contributed by atoms with van der Waals surface area (Å²) in [6, 6.07) is 14.7. The fraction of sp³-hybridized carbons (Fsp3) is 0.250. The average molecular weight is 379 g/mol. The standard InChI is InChI=1S/C20H21N5O3/c1-27-17-6-3-2-5-15(17)21-20(26)25-12-10-24(11-13-25)19-9-8-16(22-23-19)18-7-4-14-28-18/h2-9,14H,10-13H2,1H3,(H,21,26). The molecule has 0 saturated carbocycles. The molecule has 0 unspecified atom stereocenters. The van der Waals surface area contributed by atoms with Gasteiger partial charge in [0.25, 0.3) is 0 Å². The number of aromatic nitrogens is 2. The highest BCUT2D eigenvalue weighted by atomic mass is 16.5. The van der Waals surface area contributed by atoms with Crippen molar-refractivity contribution in [1.82, 2.24) is 15.1 Å². The number of rotatable bonds is 4. The minimum atomic E-state index is -0.136. The van der Waals surface area contributed by atoms with E-state index in [9.17, 15) is 4.79 Å². The summed E-state index contributed by atoms with van der Waals surface area (Å²) in [6.45, 7) is 2.58. The number of hydrogen-bond donors (Lipinski definition) is 1. The van der Waals surface area contributed by atoms with E-state index in [1.54, 1.807) is 18.3 Å². The molecule has 2 aromatic heterocycles. The van der Waals surface area contributed by atoms with Crippen molar-refractivity contribution in [3.05, 3.63) is 54.8 Å². The molecule has 1 aliphatic heterocycles. The first kappa shape index (κ1) is 17.8. The van der Waals surface area contributed by atoms with Crippen LogP contribution in [0, 0.1) is 0 Å². The highest BCUT2D eigenvalue weighted by Gasteiger charge is 2.23. The molecule has 0 bridgehead atoms. The second kappa shape index (κ2) is 7.99. The Morgan fingerprint density at radius 3 is 2.54 bits per heavy atom. The molecular weight excluding hydrogens is 358 g/mol. The molecule has 1 aliphatic rings. The first-order valence-electron chi connectivity index (χ1n) is 9.06. The van der Waals surface area contributed by atoms with E-state index in [1.165, 1.54) is 0 Å². The molecule has 4 rings (SSSR count). The third-order valence-corrected chi connectivity index (χ3v) is 4.66. The lowest BCUT2D eigenvalue weighted by molar-refractivity contribution is 0.208. The number of urea groups is 1. The van der Waals surface area contributed by atoms with Gasteiger partial charge in [-0.05, 0) is 36.4 Å². The number of anilines is 2. The molecular formula is C20H21N5O3. The molecule has 28 heavy (non-hydrogen) atoms. The second-order valence-electron chi connectivity index (χ2n) is 6.36. The molecule has 144 valence electrons. The van der Waals surface area contributed by atoms with Crippen LogP contribution in [0.2, 0.25) is 0 Å². The predicted molar refractivity (Wildman–Crippen MR) is 106 cm³/mol. The van der Waals surface area contributed by atoms with Crippen LogP contribution in [-0.2, 0) is 0 Å². The SMILES string of the molecule is COc1ccccc1NC(=O)N1CCN(c2ccc(-c3ccco3)nn2)CC1. The quantitative estimate of drug-likeness (QED) is 0.750. The summed E-state index contributed by atoms with van der Waals surface area (Å²) in [7, 11) is 1.59. The van der Waals surface area contributed by atoms with Crippen LogP contribution >= 0.6 is 0 Å². The van der Waals surface area contributed by atoms with E-state index in [1.807, 2.05) is 48.5 Å². The summed E-state index contributed by atoms with van der Waals surface area (Å²) < 4.78 is 10.6. The summed E-state index contributed by atoms with van der Waals surface area (Å²) in [6.07, 6.45) is 1.61. The number of carbonyl (C=O) groups is 1. The lowest BCUT2D eigenvalue weighted by Crippen LogP contribution is -2.50. The number of para-hydroxylation sites is 2. The fourth-order valence-corrected chi connectivity index (χ4v) is 3.13. The van der Waals surface area contributed by atoms with Crippen molar-refractivity contribution in [3.63, 3.8) is 0 Å². The molecule has 1 N–H and O–H groups in total. The van der Waals surface area contributed by atoms with Crippen LogP contribution in [0.5, 0.6) is 5.75 Å². The van der Waals surface area contributed by atoms with Gasteiger partial charge in [-0.3, -0.25) is 0 Å². The number of nitrogens with zero attached hydrogens (tertiary/aromatic N) is 4. The Kier molecular flexibility index (Phi) is 5.09. The van der Waals surface area contributed by atoms with Gasteiger partial charge in [0.15, 0.2) is 11.6 Å². The highest BCUT2D eigenvalue weighted by Crippen LogP contribution is 2.24. The number of hydrogen-bond acceptors (Lipinski definition) is 6. The Bertz CT molecular complexity index is 919. The number of amides is 2. The van der Waals surface area contributed by atoms with Crippen LogP contribution < -0.4 is 15.0 Å². The van der Waals surface area contributed by atoms with Crippen molar-refractivity contribution in [2.75, 3.05) is 43.5 Å². The van der Waals surface area contributed by atoms with Gasteiger partial charge in [0.1, 0.15) is 11.4 Å². The van der Waals surface area contributed by atoms with Gasteiger partial charge in [-0.1, -0.05) is 12.1 Å². The minimum Gasteiger partial charge on any atom is -0.495 e. The molecule has 3 aromatic rings.